The molecular formula is C22H19ClF3N5O3. The van der Waals surface area contributed by atoms with E-state index in [1.807, 2.05) is 0 Å². The molecule has 2 unspecified atom stereocenters. The fraction of sp³-hybridized carbons (Fsp3) is 0.227. The molecule has 0 radical (unpaired) electrons. The number of β-amino-alcohol motifs (C(OH)–C–C–N with tert-alkyl or cyclic N) is 1. The van der Waals surface area contributed by atoms with Crippen LogP contribution in [0.5, 0.6) is 5.75 Å². The summed E-state index contributed by atoms with van der Waals surface area (Å²) in [4.78, 5) is 22.8. The molecule has 0 aliphatic carbocycles. The van der Waals surface area contributed by atoms with Crippen LogP contribution in [-0.4, -0.2) is 51.8 Å². The number of benzene rings is 1. The van der Waals surface area contributed by atoms with E-state index in [1.54, 1.807) is 4.90 Å². The number of nitrogens with one attached hydrogen (secondary N) is 1. The van der Waals surface area contributed by atoms with Crippen LogP contribution in [0.25, 0.3) is 11.1 Å². The molecule has 3 heterocycles. The van der Waals surface area contributed by atoms with Gasteiger partial charge in [0, 0.05) is 59.9 Å². The molecular weight excluding hydrogens is 475 g/mol. The monoisotopic (exact) mass is 493 g/mol. The van der Waals surface area contributed by atoms with Gasteiger partial charge < -0.3 is 25.8 Å². The number of alkyl halides is 3. The fourth-order valence-electron chi connectivity index (χ4n) is 3.53. The van der Waals surface area contributed by atoms with E-state index in [-0.39, 0.29) is 17.9 Å². The Hall–Kier alpha value is -3.41. The maximum atomic E-state index is 13.9. The molecule has 4 rings (SSSR count). The zero-order valence-electron chi connectivity index (χ0n) is 17.5. The molecule has 1 aliphatic heterocycles. The Labute approximate surface area is 197 Å². The Balaban J connectivity index is 1.61. The standard InChI is InChI=1S/C22H19ClF3N5O3/c23-22(25,26)34-16-3-1-15(2-4-16)30-21(33)13-6-17(12-5-14(24)9-28-7-12)20(29-8-13)31-10-18(27)19(32)11-31/h1-9,18-19,32H,10-11,27H2,(H,30,33). The molecule has 0 spiro atoms. The summed E-state index contributed by atoms with van der Waals surface area (Å²) in [6.07, 6.45) is 3.07. The van der Waals surface area contributed by atoms with Crippen molar-refractivity contribution < 1.29 is 27.8 Å². The first kappa shape index (κ1) is 23.7. The Bertz CT molecular complexity index is 1180. The van der Waals surface area contributed by atoms with E-state index in [4.69, 9.17) is 17.3 Å². The summed E-state index contributed by atoms with van der Waals surface area (Å²) >= 11 is 4.74. The number of carbonyl (C=O) groups is 1. The first-order chi connectivity index (χ1) is 16.1. The van der Waals surface area contributed by atoms with E-state index in [0.29, 0.717) is 29.2 Å². The highest BCUT2D eigenvalue weighted by atomic mass is 35.5. The number of aliphatic hydroxyl groups excluding tert-OH is 1. The number of nitrogens with two attached hydrogens (primary N) is 1. The lowest BCUT2D eigenvalue weighted by atomic mass is 10.1. The third-order valence-corrected chi connectivity index (χ3v) is 5.20. The van der Waals surface area contributed by atoms with Gasteiger partial charge in [0.2, 0.25) is 0 Å². The van der Waals surface area contributed by atoms with E-state index < -0.39 is 29.4 Å². The first-order valence-electron chi connectivity index (χ1n) is 10.1. The number of halogens is 4. The van der Waals surface area contributed by atoms with Gasteiger partial charge in [0.25, 0.3) is 5.91 Å². The van der Waals surface area contributed by atoms with Crippen LogP contribution >= 0.6 is 11.6 Å². The van der Waals surface area contributed by atoms with Crippen molar-refractivity contribution in [1.29, 1.82) is 0 Å². The highest BCUT2D eigenvalue weighted by Gasteiger charge is 2.31. The van der Waals surface area contributed by atoms with Crippen LogP contribution in [0.1, 0.15) is 10.4 Å². The van der Waals surface area contributed by atoms with Gasteiger partial charge in [-0.3, -0.25) is 9.78 Å². The lowest BCUT2D eigenvalue weighted by molar-refractivity contribution is -0.0964. The van der Waals surface area contributed by atoms with Gasteiger partial charge in [0.05, 0.1) is 17.9 Å². The Kier molecular flexibility index (Phi) is 6.60. The highest BCUT2D eigenvalue weighted by molar-refractivity contribution is 6.20. The number of amides is 1. The molecule has 2 atom stereocenters. The first-order valence-corrected chi connectivity index (χ1v) is 10.4. The quantitative estimate of drug-likeness (QED) is 0.452. The second-order valence-electron chi connectivity index (χ2n) is 7.65. The van der Waals surface area contributed by atoms with Gasteiger partial charge >= 0.3 is 5.57 Å². The molecule has 178 valence electrons. The van der Waals surface area contributed by atoms with Gasteiger partial charge in [0.15, 0.2) is 0 Å². The molecule has 3 aromatic rings. The number of nitrogens with zero attached hydrogens (tertiary/aromatic N) is 3. The van der Waals surface area contributed by atoms with Crippen LogP contribution in [0.4, 0.5) is 24.7 Å². The molecule has 1 aromatic carbocycles. The Morgan fingerprint density at radius 2 is 1.94 bits per heavy atom. The minimum atomic E-state index is -3.85. The van der Waals surface area contributed by atoms with Crippen LogP contribution in [-0.2, 0) is 0 Å². The summed E-state index contributed by atoms with van der Waals surface area (Å²) in [6, 6.07) is 7.47. The minimum Gasteiger partial charge on any atom is -0.420 e. The average Bonchev–Trinajstić information content (AvgIpc) is 3.12. The van der Waals surface area contributed by atoms with E-state index in [0.717, 1.165) is 6.20 Å². The number of hydrogen-bond acceptors (Lipinski definition) is 7. The van der Waals surface area contributed by atoms with Gasteiger partial charge in [-0.2, -0.15) is 0 Å². The van der Waals surface area contributed by atoms with Gasteiger partial charge in [-0.25, -0.2) is 9.37 Å². The molecule has 1 fully saturated rings. The summed E-state index contributed by atoms with van der Waals surface area (Å²) in [5.74, 6) is -0.879. The highest BCUT2D eigenvalue weighted by Crippen LogP contribution is 2.32. The predicted molar refractivity (Wildman–Crippen MR) is 119 cm³/mol. The van der Waals surface area contributed by atoms with Crippen molar-refractivity contribution in [3.63, 3.8) is 0 Å². The third-order valence-electron chi connectivity index (χ3n) is 5.12. The minimum absolute atomic E-state index is 0.152. The molecule has 4 N–H and O–H groups in total. The Morgan fingerprint density at radius 3 is 2.56 bits per heavy atom. The number of pyridine rings is 2. The summed E-state index contributed by atoms with van der Waals surface area (Å²) in [6.45, 7) is 0.552. The van der Waals surface area contributed by atoms with Crippen molar-refractivity contribution in [3.05, 3.63) is 66.4 Å². The van der Waals surface area contributed by atoms with Crippen molar-refractivity contribution in [3.8, 4) is 16.9 Å². The van der Waals surface area contributed by atoms with E-state index >= 15 is 0 Å². The van der Waals surface area contributed by atoms with Crippen molar-refractivity contribution in [2.45, 2.75) is 17.7 Å². The van der Waals surface area contributed by atoms with Gasteiger partial charge in [-0.05, 0) is 36.4 Å². The SMILES string of the molecule is NC1CN(c2ncc(C(=O)Nc3ccc(OC(F)(F)Cl)cc3)cc2-c2cncc(F)c2)CC1O. The topological polar surface area (TPSA) is 114 Å². The normalized spacial score (nSPS) is 18.1. The van der Waals surface area contributed by atoms with Crippen LogP contribution in [0.2, 0.25) is 0 Å². The van der Waals surface area contributed by atoms with Crippen LogP contribution in [0, 0.1) is 5.82 Å². The smallest absolute Gasteiger partial charge is 0.420 e. The zero-order chi connectivity index (χ0) is 24.5. The molecule has 0 bridgehead atoms. The molecule has 1 saturated heterocycles. The number of ether oxygens (including phenoxy) is 1. The molecule has 0 saturated carbocycles. The summed E-state index contributed by atoms with van der Waals surface area (Å²) < 4.78 is 43.6. The average molecular weight is 494 g/mol. The van der Waals surface area contributed by atoms with Crippen LogP contribution in [0.15, 0.2) is 55.0 Å². The second kappa shape index (κ2) is 9.45. The Morgan fingerprint density at radius 1 is 1.21 bits per heavy atom. The number of rotatable bonds is 6. The molecule has 12 heteroatoms. The maximum absolute atomic E-state index is 13.9. The van der Waals surface area contributed by atoms with E-state index in [1.165, 1.54) is 48.8 Å². The van der Waals surface area contributed by atoms with Crippen molar-refractivity contribution in [2.24, 2.45) is 5.73 Å². The van der Waals surface area contributed by atoms with E-state index in [2.05, 4.69) is 20.0 Å². The van der Waals surface area contributed by atoms with Crippen molar-refractivity contribution in [2.75, 3.05) is 23.3 Å². The second-order valence-corrected chi connectivity index (χ2v) is 8.09. The van der Waals surface area contributed by atoms with Crippen molar-refractivity contribution in [1.82, 2.24) is 9.97 Å². The van der Waals surface area contributed by atoms with Crippen LogP contribution in [0.3, 0.4) is 0 Å². The number of aliphatic hydroxyl groups is 1. The van der Waals surface area contributed by atoms with Gasteiger partial charge in [-0.1, -0.05) is 0 Å². The molecule has 8 nitrogen and oxygen atoms in total. The third kappa shape index (κ3) is 5.56. The summed E-state index contributed by atoms with van der Waals surface area (Å²) in [5, 5.41) is 12.7. The summed E-state index contributed by atoms with van der Waals surface area (Å²) in [5.41, 5.74) is 3.33. The molecule has 34 heavy (non-hydrogen) atoms. The zero-order valence-corrected chi connectivity index (χ0v) is 18.2. The van der Waals surface area contributed by atoms with Gasteiger partial charge in [0.1, 0.15) is 17.4 Å². The number of aromatic nitrogens is 2. The molecule has 1 amide bonds. The number of hydrogen-bond donors (Lipinski definition) is 3. The number of anilines is 2. The largest absolute Gasteiger partial charge is 0.487 e. The summed E-state index contributed by atoms with van der Waals surface area (Å²) in [7, 11) is 0. The molecule has 2 aromatic heterocycles. The van der Waals surface area contributed by atoms with E-state index in [9.17, 15) is 23.1 Å². The lowest BCUT2D eigenvalue weighted by Gasteiger charge is -2.21. The number of carbonyl (C=O) groups excluding carboxylic acids is 1. The predicted octanol–water partition coefficient (Wildman–Crippen LogP) is 3.21. The van der Waals surface area contributed by atoms with Crippen LogP contribution < -0.4 is 20.7 Å². The van der Waals surface area contributed by atoms with Gasteiger partial charge in [-0.15, -0.1) is 8.78 Å². The molecule has 1 aliphatic rings. The lowest BCUT2D eigenvalue weighted by Crippen LogP contribution is -2.32. The maximum Gasteiger partial charge on any atom is 0.487 e. The fourth-order valence-corrected chi connectivity index (χ4v) is 3.62. The van der Waals surface area contributed by atoms with Crippen molar-refractivity contribution >= 4 is 29.0 Å².